The van der Waals surface area contributed by atoms with Crippen molar-refractivity contribution in [3.8, 4) is 5.69 Å². The fourth-order valence-electron chi connectivity index (χ4n) is 2.77. The maximum absolute atomic E-state index is 12.3. The van der Waals surface area contributed by atoms with Gasteiger partial charge in [0.05, 0.1) is 11.4 Å². The zero-order chi connectivity index (χ0) is 19.2. The SMILES string of the molecule is CCCc1c(C(=O)O)nnn1-c1ccc(C(=O)NCc2ccccc2)cc1. The summed E-state index contributed by atoms with van der Waals surface area (Å²) in [4.78, 5) is 23.6. The van der Waals surface area contributed by atoms with Crippen LogP contribution in [-0.4, -0.2) is 32.0 Å². The predicted molar refractivity (Wildman–Crippen MR) is 99.9 cm³/mol. The van der Waals surface area contributed by atoms with E-state index in [4.69, 9.17) is 0 Å². The lowest BCUT2D eigenvalue weighted by atomic mass is 10.1. The van der Waals surface area contributed by atoms with Gasteiger partial charge in [-0.05, 0) is 36.2 Å². The van der Waals surface area contributed by atoms with Crippen LogP contribution in [-0.2, 0) is 13.0 Å². The van der Waals surface area contributed by atoms with E-state index in [1.54, 1.807) is 24.3 Å². The largest absolute Gasteiger partial charge is 0.476 e. The zero-order valence-corrected chi connectivity index (χ0v) is 14.9. The second-order valence-corrected chi connectivity index (χ2v) is 6.07. The van der Waals surface area contributed by atoms with Gasteiger partial charge in [-0.25, -0.2) is 9.48 Å². The molecule has 7 nitrogen and oxygen atoms in total. The first-order chi connectivity index (χ1) is 13.1. The van der Waals surface area contributed by atoms with Crippen molar-refractivity contribution in [2.24, 2.45) is 0 Å². The molecule has 0 saturated heterocycles. The first-order valence-corrected chi connectivity index (χ1v) is 8.70. The number of rotatable bonds is 7. The Balaban J connectivity index is 1.75. The minimum atomic E-state index is -1.10. The van der Waals surface area contributed by atoms with Crippen molar-refractivity contribution in [1.82, 2.24) is 20.3 Å². The Morgan fingerprint density at radius 3 is 2.41 bits per heavy atom. The molecule has 1 amide bonds. The number of aromatic carboxylic acids is 1. The number of carboxylic acids is 1. The van der Waals surface area contributed by atoms with Gasteiger partial charge in [0.2, 0.25) is 0 Å². The standard InChI is InChI=1S/C20H20N4O3/c1-2-6-17-18(20(26)27)22-23-24(17)16-11-9-15(10-12-16)19(25)21-13-14-7-4-3-5-8-14/h3-5,7-12H,2,6,13H2,1H3,(H,21,25)(H,26,27). The fraction of sp³-hybridized carbons (Fsp3) is 0.200. The highest BCUT2D eigenvalue weighted by Crippen LogP contribution is 2.16. The van der Waals surface area contributed by atoms with Crippen LogP contribution in [0.1, 0.15) is 45.4 Å². The molecule has 0 bridgehead atoms. The molecule has 3 rings (SSSR count). The van der Waals surface area contributed by atoms with E-state index in [1.807, 2.05) is 37.3 Å². The molecule has 2 N–H and O–H groups in total. The van der Waals surface area contributed by atoms with Gasteiger partial charge in [0.15, 0.2) is 5.69 Å². The third kappa shape index (κ3) is 4.20. The second kappa shape index (κ2) is 8.27. The van der Waals surface area contributed by atoms with Gasteiger partial charge in [0.25, 0.3) is 5.91 Å². The molecule has 7 heteroatoms. The van der Waals surface area contributed by atoms with E-state index in [2.05, 4.69) is 15.6 Å². The average molecular weight is 364 g/mol. The lowest BCUT2D eigenvalue weighted by molar-refractivity contribution is 0.0689. The summed E-state index contributed by atoms with van der Waals surface area (Å²) in [6.07, 6.45) is 1.32. The number of benzene rings is 2. The molecule has 2 aromatic carbocycles. The Morgan fingerprint density at radius 1 is 1.07 bits per heavy atom. The summed E-state index contributed by atoms with van der Waals surface area (Å²) in [6, 6.07) is 16.5. The van der Waals surface area contributed by atoms with E-state index in [0.29, 0.717) is 29.9 Å². The van der Waals surface area contributed by atoms with Crippen molar-refractivity contribution < 1.29 is 14.7 Å². The summed E-state index contributed by atoms with van der Waals surface area (Å²) in [5.74, 6) is -1.27. The Morgan fingerprint density at radius 2 is 1.78 bits per heavy atom. The molecule has 1 aromatic heterocycles. The Hall–Kier alpha value is -3.48. The van der Waals surface area contributed by atoms with Gasteiger partial charge in [0.1, 0.15) is 0 Å². The van der Waals surface area contributed by atoms with Crippen molar-refractivity contribution in [1.29, 1.82) is 0 Å². The fourth-order valence-corrected chi connectivity index (χ4v) is 2.77. The third-order valence-corrected chi connectivity index (χ3v) is 4.12. The molecule has 0 radical (unpaired) electrons. The normalized spacial score (nSPS) is 10.6. The van der Waals surface area contributed by atoms with Gasteiger partial charge in [-0.3, -0.25) is 4.79 Å². The van der Waals surface area contributed by atoms with E-state index in [0.717, 1.165) is 12.0 Å². The predicted octanol–water partition coefficient (Wildman–Crippen LogP) is 2.85. The van der Waals surface area contributed by atoms with Crippen molar-refractivity contribution in [2.75, 3.05) is 0 Å². The highest BCUT2D eigenvalue weighted by Gasteiger charge is 2.19. The number of carbonyl (C=O) groups excluding carboxylic acids is 1. The first-order valence-electron chi connectivity index (χ1n) is 8.70. The van der Waals surface area contributed by atoms with Crippen LogP contribution >= 0.6 is 0 Å². The molecule has 0 spiro atoms. The Labute approximate surface area is 156 Å². The lowest BCUT2D eigenvalue weighted by Crippen LogP contribution is -2.22. The summed E-state index contributed by atoms with van der Waals surface area (Å²) in [5, 5.41) is 19.9. The molecule has 27 heavy (non-hydrogen) atoms. The van der Waals surface area contributed by atoms with Crippen LogP contribution in [0.3, 0.4) is 0 Å². The van der Waals surface area contributed by atoms with Gasteiger partial charge < -0.3 is 10.4 Å². The highest BCUT2D eigenvalue weighted by atomic mass is 16.4. The van der Waals surface area contributed by atoms with Crippen LogP contribution in [0.4, 0.5) is 0 Å². The van der Waals surface area contributed by atoms with E-state index in [1.165, 1.54) is 4.68 Å². The zero-order valence-electron chi connectivity index (χ0n) is 14.9. The number of hydrogen-bond acceptors (Lipinski definition) is 4. The van der Waals surface area contributed by atoms with Gasteiger partial charge in [-0.1, -0.05) is 48.9 Å². The highest BCUT2D eigenvalue weighted by molar-refractivity contribution is 5.94. The molecular formula is C20H20N4O3. The Bertz CT molecular complexity index is 934. The average Bonchev–Trinajstić information content (AvgIpc) is 3.11. The number of carbonyl (C=O) groups is 2. The van der Waals surface area contributed by atoms with E-state index < -0.39 is 5.97 Å². The molecule has 3 aromatic rings. The molecule has 138 valence electrons. The van der Waals surface area contributed by atoms with Gasteiger partial charge in [-0.15, -0.1) is 5.10 Å². The summed E-state index contributed by atoms with van der Waals surface area (Å²) >= 11 is 0. The van der Waals surface area contributed by atoms with Crippen LogP contribution in [0.25, 0.3) is 5.69 Å². The molecule has 0 aliphatic carbocycles. The molecular weight excluding hydrogens is 344 g/mol. The van der Waals surface area contributed by atoms with Crippen LogP contribution < -0.4 is 5.32 Å². The number of amides is 1. The number of hydrogen-bond donors (Lipinski definition) is 2. The summed E-state index contributed by atoms with van der Waals surface area (Å²) < 4.78 is 1.51. The molecule has 0 unspecified atom stereocenters. The summed E-state index contributed by atoms with van der Waals surface area (Å²) in [5.41, 5.74) is 2.71. The summed E-state index contributed by atoms with van der Waals surface area (Å²) in [6.45, 7) is 2.41. The molecule has 0 aliphatic rings. The number of nitrogens with one attached hydrogen (secondary N) is 1. The molecule has 1 heterocycles. The van der Waals surface area contributed by atoms with Crippen LogP contribution in [0.2, 0.25) is 0 Å². The molecule has 0 atom stereocenters. The van der Waals surface area contributed by atoms with Gasteiger partial charge >= 0.3 is 5.97 Å². The third-order valence-electron chi connectivity index (χ3n) is 4.12. The van der Waals surface area contributed by atoms with E-state index in [-0.39, 0.29) is 11.6 Å². The quantitative estimate of drug-likeness (QED) is 0.672. The van der Waals surface area contributed by atoms with E-state index in [9.17, 15) is 14.7 Å². The molecule has 0 aliphatic heterocycles. The maximum Gasteiger partial charge on any atom is 0.358 e. The van der Waals surface area contributed by atoms with Crippen molar-refractivity contribution in [3.63, 3.8) is 0 Å². The summed E-state index contributed by atoms with van der Waals surface area (Å²) in [7, 11) is 0. The van der Waals surface area contributed by atoms with E-state index >= 15 is 0 Å². The number of aromatic nitrogens is 3. The topological polar surface area (TPSA) is 97.1 Å². The maximum atomic E-state index is 12.3. The van der Waals surface area contributed by atoms with Crippen molar-refractivity contribution in [2.45, 2.75) is 26.3 Å². The van der Waals surface area contributed by atoms with Crippen LogP contribution in [0.15, 0.2) is 54.6 Å². The lowest BCUT2D eigenvalue weighted by Gasteiger charge is -2.08. The van der Waals surface area contributed by atoms with Gasteiger partial charge in [-0.2, -0.15) is 0 Å². The number of nitrogens with zero attached hydrogens (tertiary/aromatic N) is 3. The van der Waals surface area contributed by atoms with Gasteiger partial charge in [0, 0.05) is 12.1 Å². The van der Waals surface area contributed by atoms with Crippen molar-refractivity contribution >= 4 is 11.9 Å². The second-order valence-electron chi connectivity index (χ2n) is 6.07. The van der Waals surface area contributed by atoms with Crippen LogP contribution in [0.5, 0.6) is 0 Å². The Kier molecular flexibility index (Phi) is 5.61. The molecule has 0 saturated carbocycles. The monoisotopic (exact) mass is 364 g/mol. The minimum absolute atomic E-state index is 0.0402. The van der Waals surface area contributed by atoms with Crippen molar-refractivity contribution in [3.05, 3.63) is 77.1 Å². The van der Waals surface area contributed by atoms with Crippen LogP contribution in [0, 0.1) is 0 Å². The minimum Gasteiger partial charge on any atom is -0.476 e. The molecule has 0 fully saturated rings. The number of carboxylic acid groups (broad SMARTS) is 1. The smallest absolute Gasteiger partial charge is 0.358 e. The first kappa shape index (κ1) is 18.3.